The van der Waals surface area contributed by atoms with Crippen LogP contribution in [0.25, 0.3) is 66.8 Å². The lowest BCUT2D eigenvalue weighted by Gasteiger charge is -2.20. The van der Waals surface area contributed by atoms with E-state index in [1.54, 1.807) is 12.1 Å². The third-order valence-electron chi connectivity index (χ3n) is 10.5. The SMILES string of the molecule is CCN=c1ccc2c(-c3cc(C(=O)NCc4c(O)ccc5c(-c6ccc(C(=O)O)cc6C(=O)O)c6ccc(=O)cc-6oc45)ccc3C(=O)O)c3ccc(N(C)C)cc3oc-2c1. The molecule has 2 heterocycles. The molecule has 0 atom stereocenters. The molecular weight excluding hydrogens is 783 g/mol. The van der Waals surface area contributed by atoms with Gasteiger partial charge in [-0.1, -0.05) is 6.07 Å². The molecule has 14 heteroatoms. The van der Waals surface area contributed by atoms with Crippen LogP contribution in [0.2, 0.25) is 0 Å². The lowest BCUT2D eigenvalue weighted by Crippen LogP contribution is -2.23. The van der Waals surface area contributed by atoms with Crippen LogP contribution in [-0.4, -0.2) is 64.9 Å². The Hall–Kier alpha value is -8.26. The summed E-state index contributed by atoms with van der Waals surface area (Å²) in [6, 6.07) is 25.6. The van der Waals surface area contributed by atoms with E-state index in [9.17, 15) is 44.4 Å². The summed E-state index contributed by atoms with van der Waals surface area (Å²) in [5, 5.41) is 45.8. The molecule has 5 N–H and O–H groups in total. The minimum Gasteiger partial charge on any atom is -0.507 e. The molecule has 4 aromatic rings. The van der Waals surface area contributed by atoms with E-state index in [1.165, 1.54) is 60.7 Å². The number of carbonyl (C=O) groups is 4. The van der Waals surface area contributed by atoms with E-state index in [1.807, 2.05) is 50.2 Å². The first-order valence-corrected chi connectivity index (χ1v) is 18.9. The second kappa shape index (κ2) is 15.5. The van der Waals surface area contributed by atoms with Gasteiger partial charge in [-0.2, -0.15) is 0 Å². The van der Waals surface area contributed by atoms with E-state index < -0.39 is 29.2 Å². The third-order valence-corrected chi connectivity index (χ3v) is 10.5. The molecule has 0 aromatic heterocycles. The van der Waals surface area contributed by atoms with Gasteiger partial charge in [-0.25, -0.2) is 14.4 Å². The third kappa shape index (κ3) is 7.16. The van der Waals surface area contributed by atoms with Gasteiger partial charge in [-0.05, 0) is 96.9 Å². The molecule has 0 bridgehead atoms. The highest BCUT2D eigenvalue weighted by Gasteiger charge is 2.27. The van der Waals surface area contributed by atoms with Crippen molar-refractivity contribution in [3.63, 3.8) is 0 Å². The fourth-order valence-electron chi connectivity index (χ4n) is 7.58. The number of nitrogens with zero attached hydrogens (tertiary/aromatic N) is 2. The van der Waals surface area contributed by atoms with Crippen molar-refractivity contribution in [2.45, 2.75) is 13.5 Å². The number of carboxylic acid groups (broad SMARTS) is 3. The number of nitrogens with one attached hydrogen (secondary N) is 1. The van der Waals surface area contributed by atoms with Crippen molar-refractivity contribution in [1.82, 2.24) is 5.32 Å². The molecule has 61 heavy (non-hydrogen) atoms. The molecule has 0 saturated heterocycles. The van der Waals surface area contributed by atoms with Gasteiger partial charge in [-0.15, -0.1) is 0 Å². The highest BCUT2D eigenvalue weighted by molar-refractivity contribution is 6.11. The molecule has 8 rings (SSSR count). The predicted octanol–water partition coefficient (Wildman–Crippen LogP) is 7.80. The molecule has 2 aliphatic heterocycles. The van der Waals surface area contributed by atoms with Crippen LogP contribution in [0.3, 0.4) is 0 Å². The van der Waals surface area contributed by atoms with Gasteiger partial charge in [0.05, 0.1) is 34.2 Å². The number of fused-ring (bicyclic) bond motifs is 4. The Bertz CT molecular complexity index is 3220. The number of hydrogen-bond acceptors (Lipinski definition) is 10. The first kappa shape index (κ1) is 39.6. The molecule has 0 radical (unpaired) electrons. The number of benzene rings is 6. The number of hydrogen-bond donors (Lipinski definition) is 5. The fraction of sp³-hybridized carbons (Fsp3) is 0.106. The summed E-state index contributed by atoms with van der Waals surface area (Å²) in [6.07, 6.45) is 0. The number of aromatic carboxylic acids is 3. The van der Waals surface area contributed by atoms with Crippen LogP contribution in [0.1, 0.15) is 53.9 Å². The molecule has 0 saturated carbocycles. The van der Waals surface area contributed by atoms with Crippen LogP contribution >= 0.6 is 0 Å². The predicted molar refractivity (Wildman–Crippen MR) is 227 cm³/mol. The standard InChI is InChI=1S/C47H35N3O11/c1-4-48-25-7-12-30-38(19-25)60-39-20-26(50(2)3)8-13-31(39)42(30)34-17-23(5-11-29(34)46(56)57)44(53)49-22-36-37(52)16-15-33-41(32-14-9-27(51)21-40(32)61-43(33)36)28-10-6-24(45(54)55)18-35(28)47(58)59/h5-21,52H,4,22H2,1-3H3,(H,49,53)(H,54,55)(H,56,57)(H,58,59). The zero-order valence-corrected chi connectivity index (χ0v) is 32.8. The van der Waals surface area contributed by atoms with E-state index in [0.29, 0.717) is 50.7 Å². The summed E-state index contributed by atoms with van der Waals surface area (Å²) >= 11 is 0. The van der Waals surface area contributed by atoms with Crippen molar-refractivity contribution < 1.29 is 48.4 Å². The maximum Gasteiger partial charge on any atom is 0.336 e. The molecule has 4 aromatic carbocycles. The van der Waals surface area contributed by atoms with Gasteiger partial charge in [0, 0.05) is 83.1 Å². The van der Waals surface area contributed by atoms with Crippen LogP contribution in [-0.2, 0) is 6.54 Å². The Kier molecular flexibility index (Phi) is 10.0. The highest BCUT2D eigenvalue weighted by atomic mass is 16.4. The van der Waals surface area contributed by atoms with Crippen LogP contribution in [0, 0.1) is 0 Å². The number of phenolic OH excluding ortho intramolecular Hbond substituents is 1. The zero-order chi connectivity index (χ0) is 43.3. The average Bonchev–Trinajstić information content (AvgIpc) is 3.23. The summed E-state index contributed by atoms with van der Waals surface area (Å²) in [4.78, 5) is 70.1. The number of anilines is 1. The Morgan fingerprint density at radius 3 is 2.03 bits per heavy atom. The van der Waals surface area contributed by atoms with Crippen molar-refractivity contribution in [2.75, 3.05) is 25.5 Å². The number of carbonyl (C=O) groups excluding carboxylic acids is 1. The number of rotatable bonds is 10. The molecule has 0 fully saturated rings. The number of carboxylic acids is 3. The number of aromatic hydroxyl groups is 1. The minimum absolute atomic E-state index is 0.0196. The van der Waals surface area contributed by atoms with Gasteiger partial charge in [0.15, 0.2) is 5.43 Å². The first-order chi connectivity index (χ1) is 29.2. The molecule has 1 amide bonds. The van der Waals surface area contributed by atoms with E-state index in [4.69, 9.17) is 8.83 Å². The summed E-state index contributed by atoms with van der Waals surface area (Å²) in [6.45, 7) is 2.11. The summed E-state index contributed by atoms with van der Waals surface area (Å²) in [7, 11) is 3.77. The Balaban J connectivity index is 1.26. The van der Waals surface area contributed by atoms with Crippen molar-refractivity contribution in [2.24, 2.45) is 4.99 Å². The van der Waals surface area contributed by atoms with Crippen molar-refractivity contribution >= 4 is 51.4 Å². The quantitative estimate of drug-likeness (QED) is 0.0835. The van der Waals surface area contributed by atoms with Crippen LogP contribution in [0.15, 0.2) is 122 Å². The fourth-order valence-corrected chi connectivity index (χ4v) is 7.58. The maximum atomic E-state index is 14.1. The molecule has 14 nitrogen and oxygen atoms in total. The second-order valence-corrected chi connectivity index (χ2v) is 14.4. The Morgan fingerprint density at radius 1 is 0.656 bits per heavy atom. The van der Waals surface area contributed by atoms with E-state index >= 15 is 0 Å². The monoisotopic (exact) mass is 817 g/mol. The van der Waals surface area contributed by atoms with Crippen LogP contribution < -0.4 is 21.0 Å². The second-order valence-electron chi connectivity index (χ2n) is 14.4. The highest BCUT2D eigenvalue weighted by Crippen LogP contribution is 2.45. The number of amides is 1. The normalized spacial score (nSPS) is 11.7. The maximum absolute atomic E-state index is 14.1. The Labute approximate surface area is 345 Å². The van der Waals surface area contributed by atoms with E-state index in [2.05, 4.69) is 10.3 Å². The summed E-state index contributed by atoms with van der Waals surface area (Å²) in [5.41, 5.74) is 2.57. The molecule has 304 valence electrons. The average molecular weight is 818 g/mol. The smallest absolute Gasteiger partial charge is 0.336 e. The lowest BCUT2D eigenvalue weighted by atomic mass is 9.89. The van der Waals surface area contributed by atoms with Crippen LogP contribution in [0.5, 0.6) is 5.75 Å². The molecular formula is C47H35N3O11. The minimum atomic E-state index is -1.40. The van der Waals surface area contributed by atoms with Crippen molar-refractivity contribution in [3.05, 3.63) is 147 Å². The Morgan fingerprint density at radius 2 is 1.33 bits per heavy atom. The van der Waals surface area contributed by atoms with Gasteiger partial charge < -0.3 is 39.5 Å². The van der Waals surface area contributed by atoms with Gasteiger partial charge in [-0.3, -0.25) is 14.6 Å². The van der Waals surface area contributed by atoms with Crippen molar-refractivity contribution in [1.29, 1.82) is 0 Å². The summed E-state index contributed by atoms with van der Waals surface area (Å²) in [5.74, 6) is -4.38. The number of phenols is 1. The molecule has 4 aliphatic rings. The van der Waals surface area contributed by atoms with Gasteiger partial charge >= 0.3 is 17.9 Å². The van der Waals surface area contributed by atoms with Gasteiger partial charge in [0.2, 0.25) is 0 Å². The molecule has 0 unspecified atom stereocenters. The molecule has 2 aliphatic carbocycles. The van der Waals surface area contributed by atoms with Crippen LogP contribution in [0.4, 0.5) is 5.69 Å². The van der Waals surface area contributed by atoms with E-state index in [-0.39, 0.29) is 68.1 Å². The first-order valence-electron chi connectivity index (χ1n) is 18.9. The van der Waals surface area contributed by atoms with Crippen molar-refractivity contribution in [3.8, 4) is 50.7 Å². The van der Waals surface area contributed by atoms with Gasteiger partial charge in [0.1, 0.15) is 28.4 Å². The lowest BCUT2D eigenvalue weighted by molar-refractivity contribution is 0.0682. The van der Waals surface area contributed by atoms with Gasteiger partial charge in [0.25, 0.3) is 5.91 Å². The largest absolute Gasteiger partial charge is 0.507 e. The molecule has 0 spiro atoms. The van der Waals surface area contributed by atoms with E-state index in [0.717, 1.165) is 11.8 Å². The summed E-state index contributed by atoms with van der Waals surface area (Å²) < 4.78 is 12.6. The topological polar surface area (TPSA) is 220 Å². The zero-order valence-electron chi connectivity index (χ0n) is 32.8.